The molecule has 1 rings (SSSR count). The summed E-state index contributed by atoms with van der Waals surface area (Å²) < 4.78 is 10.6. The minimum absolute atomic E-state index is 0.00473. The number of unbranched alkanes of at least 4 members (excludes halogenated alkanes) is 49. The maximum absolute atomic E-state index is 12.5. The second-order valence-corrected chi connectivity index (χ2v) is 22.8. The summed E-state index contributed by atoms with van der Waals surface area (Å²) in [5, 5.41) is 19.2. The molecular formula is C64H122O6. The lowest BCUT2D eigenvalue weighted by Gasteiger charge is -2.27. The highest BCUT2D eigenvalue weighted by Gasteiger charge is 2.36. The van der Waals surface area contributed by atoms with E-state index in [1.807, 2.05) is 0 Å². The number of ether oxygens (including phenoxy) is 2. The Kier molecular flexibility index (Phi) is 51.3. The zero-order valence-corrected chi connectivity index (χ0v) is 47.1. The predicted molar refractivity (Wildman–Crippen MR) is 302 cm³/mol. The molecule has 0 amide bonds. The molecule has 0 aliphatic carbocycles. The minimum Gasteiger partial charge on any atom is -0.465 e. The van der Waals surface area contributed by atoms with Crippen molar-refractivity contribution in [3.8, 4) is 0 Å². The van der Waals surface area contributed by atoms with Crippen molar-refractivity contribution in [2.45, 2.75) is 347 Å². The van der Waals surface area contributed by atoms with Crippen LogP contribution in [0.1, 0.15) is 347 Å². The van der Waals surface area contributed by atoms with Crippen LogP contribution >= 0.6 is 0 Å². The molecule has 6 nitrogen and oxygen atoms in total. The second-order valence-electron chi connectivity index (χ2n) is 22.8. The summed E-state index contributed by atoms with van der Waals surface area (Å²) in [5.41, 5.74) is -1.12. The molecule has 2 N–H and O–H groups in total. The van der Waals surface area contributed by atoms with Crippen LogP contribution in [0.15, 0.2) is 12.2 Å². The quantitative estimate of drug-likeness (QED) is 0.0358. The van der Waals surface area contributed by atoms with Gasteiger partial charge in [0.15, 0.2) is 0 Å². The third kappa shape index (κ3) is 45.2. The number of hydrogen-bond donors (Lipinski definition) is 2. The van der Waals surface area contributed by atoms with Crippen molar-refractivity contribution in [3.63, 3.8) is 0 Å². The number of aliphatic hydroxyl groups is 2. The number of aliphatic hydroxyl groups excluding tert-OH is 2. The SMILES string of the molecule is CCCCCCCCCCCCCCCCCCCCCC/C=C/CCCCCCCCCCCCCCCCCCCCCCCCCCCCCCCC1CC(=O)OCC(CO)(CO)COC1=O. The third-order valence-corrected chi connectivity index (χ3v) is 15.8. The average molecular weight is 988 g/mol. The summed E-state index contributed by atoms with van der Waals surface area (Å²) >= 11 is 0. The molecule has 1 saturated heterocycles. The number of allylic oxidation sites excluding steroid dienone is 2. The van der Waals surface area contributed by atoms with Gasteiger partial charge in [-0.1, -0.05) is 321 Å². The molecule has 0 radical (unpaired) electrons. The van der Waals surface area contributed by atoms with Gasteiger partial charge >= 0.3 is 11.9 Å². The Bertz CT molecular complexity index is 1100. The zero-order chi connectivity index (χ0) is 50.4. The Morgan fingerprint density at radius 1 is 0.371 bits per heavy atom. The Balaban J connectivity index is 1.68. The van der Waals surface area contributed by atoms with Gasteiger partial charge in [0.25, 0.3) is 0 Å². The fraction of sp³-hybridized carbons (Fsp3) is 0.938. The molecule has 0 bridgehead atoms. The monoisotopic (exact) mass is 987 g/mol. The molecule has 1 fully saturated rings. The number of cyclic esters (lactones) is 2. The van der Waals surface area contributed by atoms with Crippen LogP contribution in [0.3, 0.4) is 0 Å². The standard InChI is InChI=1S/C64H122O6/c1-2-3-4-5-6-7-8-9-10-11-12-13-14-15-16-17-18-19-20-21-22-23-24-25-26-27-28-29-30-31-32-33-34-35-36-37-38-39-40-41-42-43-44-45-46-47-48-49-50-51-52-53-54-55-61-56-62(67)69-59-64(57-65,58-66)60-70-63(61)68/h23-24,61,65-66H,2-22,25-60H2,1H3/b24-23+. The van der Waals surface area contributed by atoms with Gasteiger partial charge in [-0.3, -0.25) is 9.59 Å². The molecule has 0 saturated carbocycles. The topological polar surface area (TPSA) is 93.1 Å². The van der Waals surface area contributed by atoms with Gasteiger partial charge in [0.1, 0.15) is 13.2 Å². The lowest BCUT2D eigenvalue weighted by Crippen LogP contribution is -2.40. The fourth-order valence-electron chi connectivity index (χ4n) is 10.6. The first-order valence-electron chi connectivity index (χ1n) is 31.8. The molecule has 1 atom stereocenters. The lowest BCUT2D eigenvalue weighted by atomic mass is 9.92. The van der Waals surface area contributed by atoms with Gasteiger partial charge in [-0.25, -0.2) is 0 Å². The van der Waals surface area contributed by atoms with Gasteiger partial charge in [0, 0.05) is 0 Å². The van der Waals surface area contributed by atoms with Crippen LogP contribution in [-0.2, 0) is 19.1 Å². The molecule has 414 valence electrons. The molecule has 0 aromatic carbocycles. The van der Waals surface area contributed by atoms with Gasteiger partial charge in [-0.05, 0) is 32.1 Å². The summed E-state index contributed by atoms with van der Waals surface area (Å²) in [6.45, 7) is 1.21. The van der Waals surface area contributed by atoms with Gasteiger partial charge < -0.3 is 19.7 Å². The highest BCUT2D eigenvalue weighted by atomic mass is 16.6. The summed E-state index contributed by atoms with van der Waals surface area (Å²) in [5.74, 6) is -1.40. The fourth-order valence-corrected chi connectivity index (χ4v) is 10.6. The van der Waals surface area contributed by atoms with Gasteiger partial charge in [0.2, 0.25) is 0 Å². The molecule has 0 aromatic rings. The van der Waals surface area contributed by atoms with Crippen molar-refractivity contribution < 1.29 is 29.3 Å². The van der Waals surface area contributed by atoms with Gasteiger partial charge in [-0.2, -0.15) is 0 Å². The smallest absolute Gasteiger partial charge is 0.309 e. The molecule has 0 spiro atoms. The molecule has 1 aliphatic rings. The van der Waals surface area contributed by atoms with Crippen LogP contribution < -0.4 is 0 Å². The van der Waals surface area contributed by atoms with Gasteiger partial charge in [0.05, 0.1) is 31.0 Å². The Labute approximate surface area is 436 Å². The Hall–Kier alpha value is -1.40. The van der Waals surface area contributed by atoms with E-state index in [1.54, 1.807) is 0 Å². The van der Waals surface area contributed by atoms with Gasteiger partial charge in [-0.15, -0.1) is 0 Å². The van der Waals surface area contributed by atoms with E-state index in [1.165, 1.54) is 308 Å². The zero-order valence-electron chi connectivity index (χ0n) is 47.1. The summed E-state index contributed by atoms with van der Waals surface area (Å²) in [6.07, 6.45) is 77.2. The maximum Gasteiger partial charge on any atom is 0.309 e. The summed E-state index contributed by atoms with van der Waals surface area (Å²) in [6, 6.07) is 0. The van der Waals surface area contributed by atoms with Crippen molar-refractivity contribution >= 4 is 11.9 Å². The largest absolute Gasteiger partial charge is 0.465 e. The van der Waals surface area contributed by atoms with Crippen LogP contribution in [0.5, 0.6) is 0 Å². The van der Waals surface area contributed by atoms with E-state index in [0.29, 0.717) is 6.42 Å². The molecule has 1 aliphatic heterocycles. The van der Waals surface area contributed by atoms with E-state index in [-0.39, 0.29) is 19.6 Å². The predicted octanol–water partition coefficient (Wildman–Crippen LogP) is 19.9. The number of carbonyl (C=O) groups excluding carboxylic acids is 2. The van der Waals surface area contributed by atoms with E-state index in [9.17, 15) is 19.8 Å². The lowest BCUT2D eigenvalue weighted by molar-refractivity contribution is -0.155. The number of carbonyl (C=O) groups is 2. The van der Waals surface area contributed by atoms with Crippen molar-refractivity contribution in [2.24, 2.45) is 11.3 Å². The number of rotatable bonds is 55. The third-order valence-electron chi connectivity index (χ3n) is 15.8. The van der Waals surface area contributed by atoms with E-state index < -0.39 is 36.5 Å². The summed E-state index contributed by atoms with van der Waals surface area (Å²) in [7, 11) is 0. The molecule has 1 unspecified atom stereocenters. The molecular weight excluding hydrogens is 865 g/mol. The van der Waals surface area contributed by atoms with Crippen LogP contribution in [0, 0.1) is 11.3 Å². The highest BCUT2D eigenvalue weighted by Crippen LogP contribution is 2.25. The summed E-state index contributed by atoms with van der Waals surface area (Å²) in [4.78, 5) is 24.7. The van der Waals surface area contributed by atoms with E-state index in [0.717, 1.165) is 19.3 Å². The van der Waals surface area contributed by atoms with Crippen LogP contribution in [0.2, 0.25) is 0 Å². The van der Waals surface area contributed by atoms with Crippen molar-refractivity contribution in [2.75, 3.05) is 26.4 Å². The Morgan fingerprint density at radius 2 is 0.614 bits per heavy atom. The normalized spacial score (nSPS) is 15.3. The van der Waals surface area contributed by atoms with E-state index in [4.69, 9.17) is 9.47 Å². The second kappa shape index (κ2) is 53.9. The van der Waals surface area contributed by atoms with Crippen LogP contribution in [0.4, 0.5) is 0 Å². The molecule has 1 heterocycles. The number of esters is 2. The Morgan fingerprint density at radius 3 is 0.886 bits per heavy atom. The average Bonchev–Trinajstić information content (AvgIpc) is 3.43. The minimum atomic E-state index is -1.12. The molecule has 6 heteroatoms. The van der Waals surface area contributed by atoms with Crippen molar-refractivity contribution in [1.82, 2.24) is 0 Å². The van der Waals surface area contributed by atoms with E-state index >= 15 is 0 Å². The first-order chi connectivity index (χ1) is 34.6. The van der Waals surface area contributed by atoms with Crippen molar-refractivity contribution in [1.29, 1.82) is 0 Å². The van der Waals surface area contributed by atoms with Crippen LogP contribution in [0.25, 0.3) is 0 Å². The number of hydrogen-bond acceptors (Lipinski definition) is 6. The molecule has 70 heavy (non-hydrogen) atoms. The highest BCUT2D eigenvalue weighted by molar-refractivity contribution is 5.80. The van der Waals surface area contributed by atoms with Crippen molar-refractivity contribution in [3.05, 3.63) is 12.2 Å². The van der Waals surface area contributed by atoms with Crippen LogP contribution in [-0.4, -0.2) is 48.6 Å². The molecule has 0 aromatic heterocycles. The maximum atomic E-state index is 12.5. The van der Waals surface area contributed by atoms with E-state index in [2.05, 4.69) is 19.1 Å². The first kappa shape index (κ1) is 66.6. The first-order valence-corrected chi connectivity index (χ1v) is 31.8.